The van der Waals surface area contributed by atoms with Gasteiger partial charge in [0.05, 0.1) is 6.61 Å². The molecule has 1 heterocycles. The third-order valence-corrected chi connectivity index (χ3v) is 2.69. The molecule has 0 radical (unpaired) electrons. The highest BCUT2D eigenvalue weighted by Crippen LogP contribution is 2.27. The first-order valence-corrected chi connectivity index (χ1v) is 5.42. The van der Waals surface area contributed by atoms with E-state index in [9.17, 15) is 13.6 Å². The molecule has 92 valence electrons. The summed E-state index contributed by atoms with van der Waals surface area (Å²) in [7, 11) is 0. The summed E-state index contributed by atoms with van der Waals surface area (Å²) in [6.07, 6.45) is -1.21. The van der Waals surface area contributed by atoms with Gasteiger partial charge in [-0.25, -0.2) is 0 Å². The molecular formula is C12H13F2NO2. The largest absolute Gasteiger partial charge is 0.367 e. The minimum Gasteiger partial charge on any atom is -0.367 e. The molecule has 0 aliphatic carbocycles. The number of amides is 1. The van der Waals surface area contributed by atoms with E-state index in [2.05, 4.69) is 5.32 Å². The predicted octanol–water partition coefficient (Wildman–Crippen LogP) is 1.73. The maximum atomic E-state index is 13.4. The number of hydrogen-bond acceptors (Lipinski definition) is 2. The van der Waals surface area contributed by atoms with Crippen molar-refractivity contribution >= 4 is 5.91 Å². The van der Waals surface area contributed by atoms with Crippen LogP contribution in [-0.2, 0) is 16.1 Å². The highest BCUT2D eigenvalue weighted by molar-refractivity contribution is 5.84. The summed E-state index contributed by atoms with van der Waals surface area (Å²) < 4.78 is 32.0. The van der Waals surface area contributed by atoms with Gasteiger partial charge in [0.2, 0.25) is 0 Å². The maximum Gasteiger partial charge on any atom is 0.350 e. The molecule has 1 aliphatic heterocycles. The molecule has 1 aliphatic rings. The zero-order chi connectivity index (χ0) is 12.3. The molecule has 0 saturated carbocycles. The van der Waals surface area contributed by atoms with Gasteiger partial charge in [-0.05, 0) is 12.0 Å². The van der Waals surface area contributed by atoms with Gasteiger partial charge < -0.3 is 10.1 Å². The van der Waals surface area contributed by atoms with Gasteiger partial charge in [0.15, 0.2) is 0 Å². The molecule has 0 bridgehead atoms. The SMILES string of the molecule is O=C1NCCC(OCc2ccccc2)C1(F)F. The molecule has 1 N–H and O–H groups in total. The summed E-state index contributed by atoms with van der Waals surface area (Å²) >= 11 is 0. The Morgan fingerprint density at radius 1 is 1.35 bits per heavy atom. The van der Waals surface area contributed by atoms with Crippen LogP contribution in [0.25, 0.3) is 0 Å². The zero-order valence-electron chi connectivity index (χ0n) is 9.16. The summed E-state index contributed by atoms with van der Waals surface area (Å²) in [5.74, 6) is -4.69. The van der Waals surface area contributed by atoms with Crippen LogP contribution in [-0.4, -0.2) is 24.5 Å². The van der Waals surface area contributed by atoms with E-state index in [1.807, 2.05) is 18.2 Å². The normalized spacial score (nSPS) is 23.2. The lowest BCUT2D eigenvalue weighted by atomic mass is 10.0. The third kappa shape index (κ3) is 2.61. The Labute approximate surface area is 97.8 Å². The van der Waals surface area contributed by atoms with E-state index in [0.717, 1.165) is 5.56 Å². The fourth-order valence-corrected chi connectivity index (χ4v) is 1.72. The number of ether oxygens (including phenoxy) is 1. The maximum absolute atomic E-state index is 13.4. The van der Waals surface area contributed by atoms with Crippen molar-refractivity contribution in [3.63, 3.8) is 0 Å². The van der Waals surface area contributed by atoms with Crippen LogP contribution >= 0.6 is 0 Å². The number of hydrogen-bond donors (Lipinski definition) is 1. The molecular weight excluding hydrogens is 228 g/mol. The molecule has 2 rings (SSSR count). The molecule has 1 unspecified atom stereocenters. The zero-order valence-corrected chi connectivity index (χ0v) is 9.16. The van der Waals surface area contributed by atoms with Crippen molar-refractivity contribution in [3.05, 3.63) is 35.9 Å². The molecule has 1 atom stereocenters. The molecule has 1 saturated heterocycles. The highest BCUT2D eigenvalue weighted by Gasteiger charge is 2.50. The van der Waals surface area contributed by atoms with E-state index in [4.69, 9.17) is 4.74 Å². The standard InChI is InChI=1S/C12H13F2NO2/c13-12(14)10(6-7-15-11(12)16)17-8-9-4-2-1-3-5-9/h1-5,10H,6-8H2,(H,15,16). The van der Waals surface area contributed by atoms with Crippen molar-refractivity contribution in [3.8, 4) is 0 Å². The fraction of sp³-hybridized carbons (Fsp3) is 0.417. The number of halogens is 2. The summed E-state index contributed by atoms with van der Waals surface area (Å²) in [5, 5.41) is 2.13. The minimum absolute atomic E-state index is 0.0916. The summed E-state index contributed by atoms with van der Waals surface area (Å²) in [6, 6.07) is 9.04. The first-order valence-electron chi connectivity index (χ1n) is 5.42. The Kier molecular flexibility index (Phi) is 3.38. The second-order valence-electron chi connectivity index (χ2n) is 3.95. The van der Waals surface area contributed by atoms with Crippen molar-refractivity contribution in [1.29, 1.82) is 0 Å². The van der Waals surface area contributed by atoms with Gasteiger partial charge >= 0.3 is 5.92 Å². The minimum atomic E-state index is -3.44. The quantitative estimate of drug-likeness (QED) is 0.875. The Balaban J connectivity index is 1.97. The highest BCUT2D eigenvalue weighted by atomic mass is 19.3. The van der Waals surface area contributed by atoms with E-state index in [0.29, 0.717) is 0 Å². The van der Waals surface area contributed by atoms with Crippen molar-refractivity contribution in [2.45, 2.75) is 25.1 Å². The molecule has 1 aromatic rings. The van der Waals surface area contributed by atoms with E-state index in [1.54, 1.807) is 12.1 Å². The molecule has 1 fully saturated rings. The topological polar surface area (TPSA) is 38.3 Å². The lowest BCUT2D eigenvalue weighted by Gasteiger charge is -2.30. The smallest absolute Gasteiger partial charge is 0.350 e. The van der Waals surface area contributed by atoms with E-state index < -0.39 is 17.9 Å². The van der Waals surface area contributed by atoms with Gasteiger partial charge in [-0.2, -0.15) is 8.78 Å². The van der Waals surface area contributed by atoms with E-state index in [1.165, 1.54) is 0 Å². The van der Waals surface area contributed by atoms with Crippen LogP contribution in [0.2, 0.25) is 0 Å². The first kappa shape index (κ1) is 12.0. The number of benzene rings is 1. The second kappa shape index (κ2) is 4.79. The third-order valence-electron chi connectivity index (χ3n) is 2.69. The number of carbonyl (C=O) groups excluding carboxylic acids is 1. The molecule has 0 spiro atoms. The van der Waals surface area contributed by atoms with Crippen LogP contribution in [0.15, 0.2) is 30.3 Å². The van der Waals surface area contributed by atoms with Gasteiger partial charge in [0.1, 0.15) is 6.10 Å². The first-order chi connectivity index (χ1) is 8.10. The molecule has 1 amide bonds. The van der Waals surface area contributed by atoms with Crippen molar-refractivity contribution in [1.82, 2.24) is 5.32 Å². The van der Waals surface area contributed by atoms with Crippen LogP contribution < -0.4 is 5.32 Å². The van der Waals surface area contributed by atoms with Crippen LogP contribution in [0.3, 0.4) is 0 Å². The van der Waals surface area contributed by atoms with Crippen LogP contribution in [0.1, 0.15) is 12.0 Å². The Morgan fingerprint density at radius 3 is 2.76 bits per heavy atom. The second-order valence-corrected chi connectivity index (χ2v) is 3.95. The molecule has 5 heteroatoms. The number of rotatable bonds is 3. The summed E-state index contributed by atoms with van der Waals surface area (Å²) in [6.45, 7) is 0.322. The van der Waals surface area contributed by atoms with Crippen molar-refractivity contribution in [2.75, 3.05) is 6.54 Å². The van der Waals surface area contributed by atoms with Gasteiger partial charge in [0.25, 0.3) is 5.91 Å². The monoisotopic (exact) mass is 241 g/mol. The Hall–Kier alpha value is -1.49. The summed E-state index contributed by atoms with van der Waals surface area (Å²) in [5.41, 5.74) is 0.814. The average Bonchev–Trinajstić information content (AvgIpc) is 2.32. The lowest BCUT2D eigenvalue weighted by molar-refractivity contribution is -0.181. The molecule has 1 aromatic carbocycles. The Bertz CT molecular complexity index is 395. The van der Waals surface area contributed by atoms with Crippen molar-refractivity contribution in [2.24, 2.45) is 0 Å². The van der Waals surface area contributed by atoms with Gasteiger partial charge in [-0.1, -0.05) is 30.3 Å². The van der Waals surface area contributed by atoms with Gasteiger partial charge in [-0.3, -0.25) is 4.79 Å². The van der Waals surface area contributed by atoms with Crippen LogP contribution in [0.5, 0.6) is 0 Å². The number of carbonyl (C=O) groups is 1. The lowest BCUT2D eigenvalue weighted by Crippen LogP contribution is -2.55. The van der Waals surface area contributed by atoms with Gasteiger partial charge in [-0.15, -0.1) is 0 Å². The molecule has 17 heavy (non-hydrogen) atoms. The number of alkyl halides is 2. The van der Waals surface area contributed by atoms with Gasteiger partial charge in [0, 0.05) is 6.54 Å². The van der Waals surface area contributed by atoms with Crippen LogP contribution in [0.4, 0.5) is 8.78 Å². The number of piperidine rings is 1. The Morgan fingerprint density at radius 2 is 2.06 bits per heavy atom. The van der Waals surface area contributed by atoms with E-state index >= 15 is 0 Å². The summed E-state index contributed by atoms with van der Waals surface area (Å²) in [4.78, 5) is 11.0. The van der Waals surface area contributed by atoms with E-state index in [-0.39, 0.29) is 19.6 Å². The fourth-order valence-electron chi connectivity index (χ4n) is 1.72. The molecule has 0 aromatic heterocycles. The predicted molar refractivity (Wildman–Crippen MR) is 57.6 cm³/mol. The van der Waals surface area contributed by atoms with Crippen molar-refractivity contribution < 1.29 is 18.3 Å². The molecule has 3 nitrogen and oxygen atoms in total. The average molecular weight is 241 g/mol. The van der Waals surface area contributed by atoms with Crippen LogP contribution in [0, 0.1) is 0 Å². The number of nitrogens with one attached hydrogen (secondary N) is 1.